The normalized spacial score (nSPS) is 20.6. The Bertz CT molecular complexity index is 1940. The molecule has 5 heterocycles. The summed E-state index contributed by atoms with van der Waals surface area (Å²) in [5.41, 5.74) is 5.60. The molecule has 2 aromatic heterocycles. The zero-order valence-corrected chi connectivity index (χ0v) is 29.0. The van der Waals surface area contributed by atoms with Gasteiger partial charge in [0.15, 0.2) is 5.82 Å². The number of likely N-dealkylation sites (N-methyl/N-ethyl adjacent to an activating group) is 1. The largest absolute Gasteiger partial charge is 0.461 e. The number of nitrogens with two attached hydrogens (primary N) is 1. The van der Waals surface area contributed by atoms with Gasteiger partial charge in [0.25, 0.3) is 0 Å². The van der Waals surface area contributed by atoms with Crippen LogP contribution in [0.4, 0.5) is 15.0 Å². The van der Waals surface area contributed by atoms with E-state index in [9.17, 15) is 9.59 Å². The lowest BCUT2D eigenvalue weighted by molar-refractivity contribution is -0.122. The van der Waals surface area contributed by atoms with Gasteiger partial charge in [-0.2, -0.15) is 9.97 Å². The third kappa shape index (κ3) is 6.09. The van der Waals surface area contributed by atoms with Crippen LogP contribution in [-0.2, 0) is 9.53 Å². The van der Waals surface area contributed by atoms with E-state index in [0.29, 0.717) is 33.8 Å². The lowest BCUT2D eigenvalue weighted by Crippen LogP contribution is -2.46. The highest BCUT2D eigenvalue weighted by Crippen LogP contribution is 2.41. The van der Waals surface area contributed by atoms with Crippen molar-refractivity contribution in [2.45, 2.75) is 76.1 Å². The van der Waals surface area contributed by atoms with E-state index in [1.807, 2.05) is 29.2 Å². The zero-order valence-electron chi connectivity index (χ0n) is 28.2. The number of rotatable bonds is 7. The van der Waals surface area contributed by atoms with Gasteiger partial charge in [0.2, 0.25) is 5.91 Å². The monoisotopic (exact) mass is 689 g/mol. The molecule has 3 aliphatic heterocycles. The SMILES string of the molecule is CN(c1nc(OCC23CCCN2CCC3)nc2c(F)c(-c3cccc4cccc(Cl)c34)ncc12)[C@@H]1CC(C(N)=O)N(C(=O)OC(C)(C)C)C1. The first-order chi connectivity index (χ1) is 23.3. The Morgan fingerprint density at radius 2 is 1.84 bits per heavy atom. The lowest BCUT2D eigenvalue weighted by atomic mass is 9.95. The van der Waals surface area contributed by atoms with Crippen LogP contribution in [0.25, 0.3) is 32.9 Å². The smallest absolute Gasteiger partial charge is 0.411 e. The predicted molar refractivity (Wildman–Crippen MR) is 186 cm³/mol. The molecular formula is C36H41ClFN7O4. The van der Waals surface area contributed by atoms with Gasteiger partial charge in [-0.3, -0.25) is 19.6 Å². The van der Waals surface area contributed by atoms with Gasteiger partial charge in [0, 0.05) is 35.8 Å². The van der Waals surface area contributed by atoms with Crippen molar-refractivity contribution in [3.8, 4) is 17.3 Å². The standard InChI is InChI=1S/C36H41ClFN7O4/c1-35(2,3)49-34(47)45-19-22(17-26(45)31(39)46)43(4)32-24-18-40-29(23-11-5-9-21-10-6-12-25(37)27(21)23)28(38)30(24)41-33(42-32)48-20-36-13-7-15-44(36)16-8-14-36/h5-6,9-12,18,22,26H,7-8,13-17,19-20H2,1-4H3,(H2,39,46)/t22-,26?/m1/s1. The molecule has 13 heteroatoms. The maximum Gasteiger partial charge on any atom is 0.411 e. The molecule has 0 aliphatic carbocycles. The number of amides is 2. The number of benzene rings is 2. The first-order valence-corrected chi connectivity index (χ1v) is 17.2. The Labute approximate surface area is 289 Å². The van der Waals surface area contributed by atoms with E-state index in [0.717, 1.165) is 44.2 Å². The fraction of sp³-hybridized carbons (Fsp3) is 0.472. The van der Waals surface area contributed by atoms with Gasteiger partial charge in [-0.1, -0.05) is 41.9 Å². The van der Waals surface area contributed by atoms with Gasteiger partial charge < -0.3 is 20.1 Å². The fourth-order valence-corrected chi connectivity index (χ4v) is 8.04. The summed E-state index contributed by atoms with van der Waals surface area (Å²) in [5, 5.41) is 2.39. The Kier molecular flexibility index (Phi) is 8.51. The van der Waals surface area contributed by atoms with Crippen LogP contribution in [0.5, 0.6) is 6.01 Å². The highest BCUT2D eigenvalue weighted by Gasteiger charge is 2.46. The third-order valence-electron chi connectivity index (χ3n) is 10.2. The van der Waals surface area contributed by atoms with E-state index in [4.69, 9.17) is 31.8 Å². The van der Waals surface area contributed by atoms with Crippen molar-refractivity contribution in [1.29, 1.82) is 0 Å². The Morgan fingerprint density at radius 1 is 1.12 bits per heavy atom. The van der Waals surface area contributed by atoms with Gasteiger partial charge in [-0.15, -0.1) is 0 Å². The van der Waals surface area contributed by atoms with Crippen molar-refractivity contribution >= 4 is 51.1 Å². The summed E-state index contributed by atoms with van der Waals surface area (Å²) >= 11 is 6.62. The van der Waals surface area contributed by atoms with Crippen LogP contribution < -0.4 is 15.4 Å². The van der Waals surface area contributed by atoms with E-state index < -0.39 is 35.5 Å². The second-order valence-electron chi connectivity index (χ2n) is 14.4. The summed E-state index contributed by atoms with van der Waals surface area (Å²) < 4.78 is 28.8. The molecule has 11 nitrogen and oxygen atoms in total. The summed E-state index contributed by atoms with van der Waals surface area (Å²) in [7, 11) is 1.79. The minimum absolute atomic E-state index is 0.0431. The second-order valence-corrected chi connectivity index (χ2v) is 14.8. The number of likely N-dealkylation sites (tertiary alicyclic amines) is 1. The molecule has 258 valence electrons. The molecule has 3 fully saturated rings. The zero-order chi connectivity index (χ0) is 34.7. The Morgan fingerprint density at radius 3 is 2.53 bits per heavy atom. The van der Waals surface area contributed by atoms with Crippen molar-refractivity contribution in [2.24, 2.45) is 5.73 Å². The molecule has 49 heavy (non-hydrogen) atoms. The number of nitrogens with zero attached hydrogens (tertiary/aromatic N) is 6. The van der Waals surface area contributed by atoms with Crippen molar-refractivity contribution in [2.75, 3.05) is 38.2 Å². The topological polar surface area (TPSA) is 127 Å². The molecule has 7 rings (SSSR count). The maximum atomic E-state index is 16.9. The molecule has 2 N–H and O–H groups in total. The van der Waals surface area contributed by atoms with Crippen molar-refractivity contribution < 1.29 is 23.5 Å². The van der Waals surface area contributed by atoms with Gasteiger partial charge in [0.05, 0.1) is 17.0 Å². The minimum atomic E-state index is -0.890. The molecular weight excluding hydrogens is 649 g/mol. The number of fused-ring (bicyclic) bond motifs is 3. The number of carbonyl (C=O) groups is 2. The third-order valence-corrected chi connectivity index (χ3v) is 10.5. The Hall–Kier alpha value is -4.29. The van der Waals surface area contributed by atoms with Crippen LogP contribution in [0, 0.1) is 5.82 Å². The summed E-state index contributed by atoms with van der Waals surface area (Å²) in [6.07, 6.45) is 5.40. The van der Waals surface area contributed by atoms with Crippen LogP contribution in [0.2, 0.25) is 5.02 Å². The first kappa shape index (κ1) is 33.2. The van der Waals surface area contributed by atoms with E-state index in [1.165, 1.54) is 4.90 Å². The molecule has 3 aliphatic rings. The maximum absolute atomic E-state index is 16.9. The number of hydrogen-bond acceptors (Lipinski definition) is 9. The van der Waals surface area contributed by atoms with Gasteiger partial charge in [-0.05, 0) is 77.4 Å². The van der Waals surface area contributed by atoms with Crippen molar-refractivity contribution in [1.82, 2.24) is 24.8 Å². The van der Waals surface area contributed by atoms with Gasteiger partial charge in [-0.25, -0.2) is 9.18 Å². The highest BCUT2D eigenvalue weighted by molar-refractivity contribution is 6.36. The molecule has 0 radical (unpaired) electrons. The van der Waals surface area contributed by atoms with E-state index in [1.54, 1.807) is 46.1 Å². The van der Waals surface area contributed by atoms with Gasteiger partial charge in [0.1, 0.15) is 35.3 Å². The fourth-order valence-electron chi connectivity index (χ4n) is 7.75. The minimum Gasteiger partial charge on any atom is -0.461 e. The van der Waals surface area contributed by atoms with E-state index in [-0.39, 0.29) is 35.7 Å². The molecule has 3 saturated heterocycles. The van der Waals surface area contributed by atoms with Crippen LogP contribution >= 0.6 is 11.6 Å². The molecule has 4 aromatic rings. The van der Waals surface area contributed by atoms with E-state index in [2.05, 4.69) is 14.9 Å². The lowest BCUT2D eigenvalue weighted by Gasteiger charge is -2.31. The molecule has 0 saturated carbocycles. The van der Waals surface area contributed by atoms with Crippen LogP contribution in [-0.4, -0.2) is 93.3 Å². The molecule has 2 amide bonds. The quantitative estimate of drug-likeness (QED) is 0.251. The summed E-state index contributed by atoms with van der Waals surface area (Å²) in [6, 6.07) is 9.83. The van der Waals surface area contributed by atoms with Gasteiger partial charge >= 0.3 is 12.1 Å². The van der Waals surface area contributed by atoms with Crippen molar-refractivity contribution in [3.63, 3.8) is 0 Å². The molecule has 0 spiro atoms. The summed E-state index contributed by atoms with van der Waals surface area (Å²) in [4.78, 5) is 45.4. The second kappa shape index (κ2) is 12.5. The van der Waals surface area contributed by atoms with Crippen LogP contribution in [0.15, 0.2) is 42.6 Å². The summed E-state index contributed by atoms with van der Waals surface area (Å²) in [6.45, 7) is 7.87. The molecule has 2 atom stereocenters. The van der Waals surface area contributed by atoms with Crippen molar-refractivity contribution in [3.05, 3.63) is 53.4 Å². The van der Waals surface area contributed by atoms with Crippen LogP contribution in [0.1, 0.15) is 52.9 Å². The average Bonchev–Trinajstić information content (AvgIpc) is 3.78. The number of hydrogen-bond donors (Lipinski definition) is 1. The number of primary amides is 1. The predicted octanol–water partition coefficient (Wildman–Crippen LogP) is 5.94. The highest BCUT2D eigenvalue weighted by atomic mass is 35.5. The Balaban J connectivity index is 1.31. The molecule has 1 unspecified atom stereocenters. The number of carbonyl (C=O) groups excluding carboxylic acids is 2. The molecule has 0 bridgehead atoms. The first-order valence-electron chi connectivity index (χ1n) is 16.8. The number of anilines is 1. The number of pyridine rings is 1. The number of aromatic nitrogens is 3. The van der Waals surface area contributed by atoms with Crippen LogP contribution in [0.3, 0.4) is 0 Å². The average molecular weight is 690 g/mol. The summed E-state index contributed by atoms with van der Waals surface area (Å²) in [5.74, 6) is -0.910. The number of ether oxygens (including phenoxy) is 2. The van der Waals surface area contributed by atoms with E-state index >= 15 is 4.39 Å². The number of halogens is 2. The molecule has 2 aromatic carbocycles.